The van der Waals surface area contributed by atoms with Crippen molar-refractivity contribution in [2.24, 2.45) is 11.3 Å². The molecule has 1 fully saturated rings. The third-order valence-electron chi connectivity index (χ3n) is 8.82. The van der Waals surface area contributed by atoms with Crippen molar-refractivity contribution < 1.29 is 33.0 Å². The van der Waals surface area contributed by atoms with Crippen LogP contribution in [0.4, 0.5) is 0 Å². The van der Waals surface area contributed by atoms with E-state index < -0.39 is 31.7 Å². The lowest BCUT2D eigenvalue weighted by atomic mass is 9.90. The quantitative estimate of drug-likeness (QED) is 0.148. The Balaban J connectivity index is 1.77. The molecule has 8 heteroatoms. The Morgan fingerprint density at radius 1 is 1.00 bits per heavy atom. The van der Waals surface area contributed by atoms with Crippen molar-refractivity contribution in [3.63, 3.8) is 0 Å². The molecule has 4 rings (SSSR count). The second-order valence-corrected chi connectivity index (χ2v) is 18.5. The van der Waals surface area contributed by atoms with Crippen LogP contribution in [0.1, 0.15) is 67.7 Å². The first-order valence-corrected chi connectivity index (χ1v) is 17.6. The molecular weight excluding hydrogens is 572 g/mol. The lowest BCUT2D eigenvalue weighted by Crippen LogP contribution is -2.68. The van der Waals surface area contributed by atoms with Crippen molar-refractivity contribution in [3.05, 3.63) is 72.8 Å². The number of rotatable bonds is 10. The van der Waals surface area contributed by atoms with Gasteiger partial charge in [-0.1, -0.05) is 94.4 Å². The first kappa shape index (κ1) is 34.3. The average molecular weight is 623 g/mol. The molecule has 6 atom stereocenters. The number of methoxy groups -OCH3 is 1. The van der Waals surface area contributed by atoms with Gasteiger partial charge in [-0.2, -0.15) is 0 Å². The van der Waals surface area contributed by atoms with Gasteiger partial charge in [0, 0.05) is 25.9 Å². The van der Waals surface area contributed by atoms with E-state index in [4.69, 9.17) is 23.4 Å². The highest BCUT2D eigenvalue weighted by molar-refractivity contribution is 6.99. The number of carbonyl (C=O) groups excluding carboxylic acids is 2. The van der Waals surface area contributed by atoms with Crippen molar-refractivity contribution in [1.29, 1.82) is 0 Å². The van der Waals surface area contributed by atoms with Crippen molar-refractivity contribution >= 4 is 30.9 Å². The van der Waals surface area contributed by atoms with Gasteiger partial charge in [-0.25, -0.2) is 0 Å². The highest BCUT2D eigenvalue weighted by atomic mass is 28.4. The zero-order valence-electron chi connectivity index (χ0n) is 27.6. The molecule has 7 nitrogen and oxygen atoms in total. The number of hydrogen-bond donors (Lipinski definition) is 0. The molecule has 0 aliphatic carbocycles. The van der Waals surface area contributed by atoms with Crippen molar-refractivity contribution in [3.8, 4) is 0 Å². The summed E-state index contributed by atoms with van der Waals surface area (Å²) < 4.78 is 32.8. The Hall–Kier alpha value is -2.62. The van der Waals surface area contributed by atoms with Gasteiger partial charge >= 0.3 is 5.97 Å². The van der Waals surface area contributed by atoms with Gasteiger partial charge in [-0.3, -0.25) is 4.79 Å². The van der Waals surface area contributed by atoms with Crippen molar-refractivity contribution in [1.82, 2.24) is 0 Å². The summed E-state index contributed by atoms with van der Waals surface area (Å²) in [6.45, 7) is 14.3. The fourth-order valence-electron chi connectivity index (χ4n) is 6.31. The Labute approximate surface area is 264 Å². The minimum atomic E-state index is -2.96. The van der Waals surface area contributed by atoms with E-state index in [1.165, 1.54) is 0 Å². The zero-order chi connectivity index (χ0) is 32.2. The summed E-state index contributed by atoms with van der Waals surface area (Å²) in [5.74, 6) is -1.33. The van der Waals surface area contributed by atoms with Gasteiger partial charge in [-0.15, -0.1) is 0 Å². The molecule has 1 saturated heterocycles. The Kier molecular flexibility index (Phi) is 10.7. The molecule has 0 bridgehead atoms. The van der Waals surface area contributed by atoms with Crippen LogP contribution >= 0.6 is 0 Å². The van der Waals surface area contributed by atoms with Gasteiger partial charge in [0.15, 0.2) is 11.9 Å². The fourth-order valence-corrected chi connectivity index (χ4v) is 10.9. The molecule has 0 aromatic heterocycles. The molecular formula is C36H50O7Si. The molecule has 0 N–H and O–H groups in total. The molecule has 0 saturated carbocycles. The normalized spacial score (nSPS) is 26.7. The van der Waals surface area contributed by atoms with Gasteiger partial charge in [-0.05, 0) is 48.7 Å². The maximum atomic E-state index is 13.5. The third-order valence-corrected chi connectivity index (χ3v) is 13.8. The molecule has 2 heterocycles. The Bertz CT molecular complexity index is 1230. The Morgan fingerprint density at radius 2 is 1.59 bits per heavy atom. The van der Waals surface area contributed by atoms with Crippen LogP contribution in [-0.2, 0) is 33.0 Å². The predicted molar refractivity (Wildman–Crippen MR) is 174 cm³/mol. The van der Waals surface area contributed by atoms with E-state index in [0.29, 0.717) is 12.8 Å². The molecule has 2 aliphatic rings. The zero-order valence-corrected chi connectivity index (χ0v) is 28.6. The lowest BCUT2D eigenvalue weighted by Gasteiger charge is -2.49. The minimum Gasteiger partial charge on any atom is -0.457 e. The fraction of sp³-hybridized carbons (Fsp3) is 0.556. The molecule has 2 aromatic rings. The maximum Gasteiger partial charge on any atom is 0.311 e. The summed E-state index contributed by atoms with van der Waals surface area (Å²) in [4.78, 5) is 24.9. The summed E-state index contributed by atoms with van der Waals surface area (Å²) in [7, 11) is -1.30. The molecule has 2 aliphatic heterocycles. The van der Waals surface area contributed by atoms with E-state index in [0.717, 1.165) is 16.7 Å². The monoisotopic (exact) mass is 622 g/mol. The number of esters is 1. The standard InChI is InChI=1S/C36H50O7Si/c1-26-19-22-36(42-29(26)21-24-37)23-20-30(39-8)32(43-36)31(41-33(38)34(2,3)4)25-40-44(35(5,6)7,27-15-11-9-12-16-27)28-17-13-10-14-18-28/h9-19,22,24,26,29-32H,20-21,23,25H2,1-8H3/t26-,29+,30-,31-,32-,36-/m0/s1. The minimum absolute atomic E-state index is 0.0704. The molecule has 44 heavy (non-hydrogen) atoms. The summed E-state index contributed by atoms with van der Waals surface area (Å²) in [6, 6.07) is 20.8. The topological polar surface area (TPSA) is 80.3 Å². The SMILES string of the molecule is CO[C@H]1CC[C@]2(C=C[C@H](C)[C@@H](CC=O)O2)O[C@@H]1[C@H](CO[Si](c1ccccc1)(c1ccccc1)C(C)(C)C)OC(=O)C(C)(C)C. The van der Waals surface area contributed by atoms with E-state index in [1.807, 2.05) is 70.2 Å². The van der Waals surface area contributed by atoms with Gasteiger partial charge in [0.25, 0.3) is 8.32 Å². The molecule has 1 spiro atoms. The van der Waals surface area contributed by atoms with Gasteiger partial charge in [0.05, 0.1) is 24.2 Å². The number of hydrogen-bond acceptors (Lipinski definition) is 7. The molecule has 0 radical (unpaired) electrons. The molecule has 2 aromatic carbocycles. The van der Waals surface area contributed by atoms with Crippen molar-refractivity contribution in [2.75, 3.05) is 13.7 Å². The Morgan fingerprint density at radius 3 is 2.09 bits per heavy atom. The van der Waals surface area contributed by atoms with E-state index in [9.17, 15) is 9.59 Å². The van der Waals surface area contributed by atoms with E-state index >= 15 is 0 Å². The first-order chi connectivity index (χ1) is 20.8. The van der Waals surface area contributed by atoms with E-state index in [2.05, 4.69) is 51.1 Å². The number of benzene rings is 2. The molecule has 240 valence electrons. The first-order valence-electron chi connectivity index (χ1n) is 15.7. The summed E-state index contributed by atoms with van der Waals surface area (Å²) in [6.07, 6.45) is 4.21. The van der Waals surface area contributed by atoms with Crippen LogP contribution in [0.15, 0.2) is 72.8 Å². The molecule has 0 unspecified atom stereocenters. The second-order valence-electron chi connectivity index (χ2n) is 14.2. The van der Waals surface area contributed by atoms with Crippen LogP contribution in [0.3, 0.4) is 0 Å². The number of aldehydes is 1. The summed E-state index contributed by atoms with van der Waals surface area (Å²) in [5.41, 5.74) is -0.740. The maximum absolute atomic E-state index is 13.5. The summed E-state index contributed by atoms with van der Waals surface area (Å²) >= 11 is 0. The number of ether oxygens (including phenoxy) is 4. The van der Waals surface area contributed by atoms with Crippen LogP contribution in [0.25, 0.3) is 0 Å². The lowest BCUT2D eigenvalue weighted by molar-refractivity contribution is -0.313. The van der Waals surface area contributed by atoms with Crippen molar-refractivity contribution in [2.45, 2.75) is 103 Å². The largest absolute Gasteiger partial charge is 0.457 e. The predicted octanol–water partition coefficient (Wildman–Crippen LogP) is 5.59. The van der Waals surface area contributed by atoms with Gasteiger partial charge in [0.2, 0.25) is 0 Å². The highest BCUT2D eigenvalue weighted by Crippen LogP contribution is 2.41. The van der Waals surface area contributed by atoms with Crippen LogP contribution in [-0.4, -0.2) is 64.5 Å². The van der Waals surface area contributed by atoms with E-state index in [-0.39, 0.29) is 42.2 Å². The second kappa shape index (κ2) is 13.8. The smallest absolute Gasteiger partial charge is 0.311 e. The number of carbonyl (C=O) groups is 2. The van der Waals surface area contributed by atoms with Gasteiger partial charge < -0.3 is 28.2 Å². The third kappa shape index (κ3) is 7.26. The summed E-state index contributed by atoms with van der Waals surface area (Å²) in [5, 5.41) is 2.00. The highest BCUT2D eigenvalue weighted by Gasteiger charge is 2.53. The van der Waals surface area contributed by atoms with Crippen LogP contribution < -0.4 is 10.4 Å². The van der Waals surface area contributed by atoms with Crippen LogP contribution in [0.5, 0.6) is 0 Å². The van der Waals surface area contributed by atoms with Crippen LogP contribution in [0.2, 0.25) is 5.04 Å². The van der Waals surface area contributed by atoms with Gasteiger partial charge in [0.1, 0.15) is 12.4 Å². The average Bonchev–Trinajstić information content (AvgIpc) is 2.99. The van der Waals surface area contributed by atoms with E-state index in [1.54, 1.807) is 7.11 Å². The van der Waals surface area contributed by atoms with Crippen LogP contribution in [0, 0.1) is 11.3 Å². The molecule has 0 amide bonds.